The number of rotatable bonds is 4. The Bertz CT molecular complexity index is 615. The van der Waals surface area contributed by atoms with E-state index in [1.165, 1.54) is 29.1 Å². The average Bonchev–Trinajstić information content (AvgIpc) is 3.19. The van der Waals surface area contributed by atoms with Crippen molar-refractivity contribution in [3.05, 3.63) is 29.6 Å². The topological polar surface area (TPSA) is 42.0 Å². The van der Waals surface area contributed by atoms with E-state index in [1.807, 2.05) is 5.38 Å². The summed E-state index contributed by atoms with van der Waals surface area (Å²) in [7, 11) is 0. The Kier molecular flexibility index (Phi) is 4.60. The molecule has 1 fully saturated rings. The number of amides is 1. The molecule has 2 aromatic rings. The number of thiazole rings is 1. The summed E-state index contributed by atoms with van der Waals surface area (Å²) >= 11 is 3.22. The maximum absolute atomic E-state index is 12.1. The van der Waals surface area contributed by atoms with Crippen LogP contribution >= 0.6 is 23.1 Å². The molecule has 5 heteroatoms. The van der Waals surface area contributed by atoms with Gasteiger partial charge in [0.05, 0.1) is 5.69 Å². The van der Waals surface area contributed by atoms with Crippen molar-refractivity contribution >= 4 is 34.1 Å². The summed E-state index contributed by atoms with van der Waals surface area (Å²) in [6.07, 6.45) is 6.43. The zero-order valence-corrected chi connectivity index (χ0v) is 13.6. The summed E-state index contributed by atoms with van der Waals surface area (Å²) in [4.78, 5) is 17.9. The maximum atomic E-state index is 12.1. The molecule has 1 aliphatic rings. The number of aromatic nitrogens is 1. The fourth-order valence-electron chi connectivity index (χ4n) is 2.62. The summed E-state index contributed by atoms with van der Waals surface area (Å²) < 4.78 is 0. The Labute approximate surface area is 133 Å². The lowest BCUT2D eigenvalue weighted by molar-refractivity contribution is -0.119. The minimum absolute atomic E-state index is 0.131. The molecule has 1 amide bonds. The van der Waals surface area contributed by atoms with E-state index in [2.05, 4.69) is 40.8 Å². The van der Waals surface area contributed by atoms with Gasteiger partial charge in [-0.05, 0) is 31.2 Å². The Balaban J connectivity index is 1.68. The van der Waals surface area contributed by atoms with Crippen LogP contribution in [0, 0.1) is 5.92 Å². The summed E-state index contributed by atoms with van der Waals surface area (Å²) in [5.41, 5.74) is 2.01. The third-order valence-electron chi connectivity index (χ3n) is 3.85. The van der Waals surface area contributed by atoms with Gasteiger partial charge in [-0.3, -0.25) is 4.79 Å². The van der Waals surface area contributed by atoms with E-state index >= 15 is 0 Å². The van der Waals surface area contributed by atoms with Gasteiger partial charge in [-0.2, -0.15) is 0 Å². The molecule has 21 heavy (non-hydrogen) atoms. The highest BCUT2D eigenvalue weighted by molar-refractivity contribution is 7.98. The number of nitrogens with zero attached hydrogens (tertiary/aromatic N) is 1. The van der Waals surface area contributed by atoms with Crippen molar-refractivity contribution in [2.45, 2.75) is 30.6 Å². The van der Waals surface area contributed by atoms with Crippen LogP contribution in [-0.4, -0.2) is 17.1 Å². The molecule has 0 unspecified atom stereocenters. The molecular formula is C16H18N2OS2. The Morgan fingerprint density at radius 3 is 2.67 bits per heavy atom. The quantitative estimate of drug-likeness (QED) is 0.834. The van der Waals surface area contributed by atoms with Crippen molar-refractivity contribution in [3.63, 3.8) is 0 Å². The van der Waals surface area contributed by atoms with E-state index in [1.54, 1.807) is 11.8 Å². The molecule has 0 radical (unpaired) electrons. The molecule has 1 aromatic carbocycles. The lowest BCUT2D eigenvalue weighted by Crippen LogP contribution is -2.20. The zero-order chi connectivity index (χ0) is 14.7. The third-order valence-corrected chi connectivity index (χ3v) is 5.35. The van der Waals surface area contributed by atoms with Crippen molar-refractivity contribution in [1.82, 2.24) is 4.98 Å². The summed E-state index contributed by atoms with van der Waals surface area (Å²) in [5.74, 6) is 0.310. The molecule has 1 heterocycles. The number of carbonyl (C=O) groups excluding carboxylic acids is 1. The highest BCUT2D eigenvalue weighted by Gasteiger charge is 2.23. The largest absolute Gasteiger partial charge is 0.302 e. The Morgan fingerprint density at radius 2 is 2.00 bits per heavy atom. The molecule has 3 rings (SSSR count). The molecule has 1 aliphatic carbocycles. The molecule has 3 nitrogen and oxygen atoms in total. The van der Waals surface area contributed by atoms with Gasteiger partial charge in [0.1, 0.15) is 0 Å². The van der Waals surface area contributed by atoms with Gasteiger partial charge in [0.2, 0.25) is 5.91 Å². The fourth-order valence-corrected chi connectivity index (χ4v) is 3.75. The smallest absolute Gasteiger partial charge is 0.229 e. The van der Waals surface area contributed by atoms with Crippen LogP contribution < -0.4 is 5.32 Å². The van der Waals surface area contributed by atoms with Crippen LogP contribution in [0.15, 0.2) is 34.5 Å². The summed E-state index contributed by atoms with van der Waals surface area (Å²) in [6, 6.07) is 8.33. The molecule has 0 aliphatic heterocycles. The lowest BCUT2D eigenvalue weighted by atomic mass is 10.1. The highest BCUT2D eigenvalue weighted by atomic mass is 32.2. The minimum atomic E-state index is 0.131. The fraction of sp³-hybridized carbons (Fsp3) is 0.375. The second-order valence-electron chi connectivity index (χ2n) is 5.24. The van der Waals surface area contributed by atoms with Gasteiger partial charge in [-0.15, -0.1) is 23.1 Å². The Morgan fingerprint density at radius 1 is 1.29 bits per heavy atom. The van der Waals surface area contributed by atoms with Gasteiger partial charge in [0.25, 0.3) is 0 Å². The first-order chi connectivity index (χ1) is 10.3. The van der Waals surface area contributed by atoms with Crippen LogP contribution in [0.5, 0.6) is 0 Å². The second kappa shape index (κ2) is 6.62. The van der Waals surface area contributed by atoms with Gasteiger partial charge in [0, 0.05) is 21.8 Å². The second-order valence-corrected chi connectivity index (χ2v) is 6.97. The van der Waals surface area contributed by atoms with Gasteiger partial charge in [0.15, 0.2) is 5.13 Å². The average molecular weight is 318 g/mol. The normalized spacial score (nSPS) is 15.3. The van der Waals surface area contributed by atoms with Gasteiger partial charge < -0.3 is 5.32 Å². The van der Waals surface area contributed by atoms with Crippen molar-refractivity contribution < 1.29 is 4.79 Å². The van der Waals surface area contributed by atoms with E-state index in [-0.39, 0.29) is 11.8 Å². The number of anilines is 1. The van der Waals surface area contributed by atoms with Gasteiger partial charge in [-0.1, -0.05) is 25.0 Å². The van der Waals surface area contributed by atoms with Crippen LogP contribution in [0.4, 0.5) is 5.13 Å². The number of benzene rings is 1. The van der Waals surface area contributed by atoms with Crippen LogP contribution in [-0.2, 0) is 4.79 Å². The molecule has 0 bridgehead atoms. The van der Waals surface area contributed by atoms with Gasteiger partial charge >= 0.3 is 0 Å². The zero-order valence-electron chi connectivity index (χ0n) is 12.0. The SMILES string of the molecule is CSc1ccc(-c2csc(NC(=O)C3CCCC3)n2)cc1. The first-order valence-electron chi connectivity index (χ1n) is 7.17. The maximum Gasteiger partial charge on any atom is 0.229 e. The van der Waals surface area contributed by atoms with Crippen LogP contribution in [0.3, 0.4) is 0 Å². The number of thioether (sulfide) groups is 1. The molecule has 0 spiro atoms. The number of hydrogen-bond donors (Lipinski definition) is 1. The van der Waals surface area contributed by atoms with Crippen molar-refractivity contribution in [2.24, 2.45) is 5.92 Å². The summed E-state index contributed by atoms with van der Waals surface area (Å²) in [6.45, 7) is 0. The molecular weight excluding hydrogens is 300 g/mol. The lowest BCUT2D eigenvalue weighted by Gasteiger charge is -2.07. The first-order valence-corrected chi connectivity index (χ1v) is 9.27. The van der Waals surface area contributed by atoms with Crippen molar-refractivity contribution in [3.8, 4) is 11.3 Å². The van der Waals surface area contributed by atoms with E-state index in [0.717, 1.165) is 24.1 Å². The van der Waals surface area contributed by atoms with Crippen LogP contribution in [0.1, 0.15) is 25.7 Å². The minimum Gasteiger partial charge on any atom is -0.302 e. The number of nitrogens with one attached hydrogen (secondary N) is 1. The monoisotopic (exact) mass is 318 g/mol. The molecule has 1 aromatic heterocycles. The van der Waals surface area contributed by atoms with Crippen molar-refractivity contribution in [2.75, 3.05) is 11.6 Å². The van der Waals surface area contributed by atoms with E-state index < -0.39 is 0 Å². The molecule has 1 saturated carbocycles. The van der Waals surface area contributed by atoms with Crippen molar-refractivity contribution in [1.29, 1.82) is 0 Å². The Hall–Kier alpha value is -1.33. The molecule has 1 N–H and O–H groups in total. The number of hydrogen-bond acceptors (Lipinski definition) is 4. The number of carbonyl (C=O) groups is 1. The standard InChI is InChI=1S/C16H18N2OS2/c1-20-13-8-6-11(7-9-13)14-10-21-16(17-14)18-15(19)12-4-2-3-5-12/h6-10,12H,2-5H2,1H3,(H,17,18,19). The molecule has 0 atom stereocenters. The molecule has 0 saturated heterocycles. The van der Waals surface area contributed by atoms with Gasteiger partial charge in [-0.25, -0.2) is 4.98 Å². The van der Waals surface area contributed by atoms with Crippen LogP contribution in [0.2, 0.25) is 0 Å². The van der Waals surface area contributed by atoms with E-state index in [4.69, 9.17) is 0 Å². The van der Waals surface area contributed by atoms with E-state index in [0.29, 0.717) is 5.13 Å². The predicted molar refractivity (Wildman–Crippen MR) is 89.9 cm³/mol. The molecule has 110 valence electrons. The van der Waals surface area contributed by atoms with Crippen LogP contribution in [0.25, 0.3) is 11.3 Å². The van der Waals surface area contributed by atoms with E-state index in [9.17, 15) is 4.79 Å². The first kappa shape index (κ1) is 14.6. The highest BCUT2D eigenvalue weighted by Crippen LogP contribution is 2.29. The predicted octanol–water partition coefficient (Wildman–Crippen LogP) is 4.66. The summed E-state index contributed by atoms with van der Waals surface area (Å²) in [5, 5.41) is 5.66. The third kappa shape index (κ3) is 3.47.